The van der Waals surface area contributed by atoms with Gasteiger partial charge >= 0.3 is 0 Å². The fraction of sp³-hybridized carbons (Fsp3) is 0.278. The van der Waals surface area contributed by atoms with Gasteiger partial charge < -0.3 is 14.8 Å². The SMILES string of the molecule is Cn1cnc([C@@H]2CN(C(=O)c3cccnc3)C[C@H]2Nc2ncccn2)c1. The molecule has 1 aliphatic heterocycles. The molecule has 1 aliphatic rings. The number of aromatic nitrogens is 5. The van der Waals surface area contributed by atoms with E-state index in [4.69, 9.17) is 0 Å². The maximum Gasteiger partial charge on any atom is 0.255 e. The van der Waals surface area contributed by atoms with E-state index in [1.165, 1.54) is 0 Å². The number of anilines is 1. The molecule has 0 spiro atoms. The van der Waals surface area contributed by atoms with Gasteiger partial charge in [-0.05, 0) is 18.2 Å². The van der Waals surface area contributed by atoms with Crippen LogP contribution in [0.25, 0.3) is 0 Å². The van der Waals surface area contributed by atoms with Gasteiger partial charge in [0.2, 0.25) is 5.95 Å². The van der Waals surface area contributed by atoms with E-state index in [0.717, 1.165) is 5.69 Å². The highest BCUT2D eigenvalue weighted by Crippen LogP contribution is 2.29. The molecular formula is C18H19N7O. The normalized spacial score (nSPS) is 19.5. The molecule has 0 radical (unpaired) electrons. The molecule has 26 heavy (non-hydrogen) atoms. The second-order valence-corrected chi connectivity index (χ2v) is 6.35. The van der Waals surface area contributed by atoms with Crippen LogP contribution in [0.2, 0.25) is 0 Å². The van der Waals surface area contributed by atoms with Crippen LogP contribution in [-0.4, -0.2) is 54.4 Å². The average molecular weight is 349 g/mol. The molecule has 1 N–H and O–H groups in total. The summed E-state index contributed by atoms with van der Waals surface area (Å²) >= 11 is 0. The zero-order valence-corrected chi connectivity index (χ0v) is 14.4. The summed E-state index contributed by atoms with van der Waals surface area (Å²) in [5.74, 6) is 0.576. The topological polar surface area (TPSA) is 88.8 Å². The lowest BCUT2D eigenvalue weighted by atomic mass is 10.0. The van der Waals surface area contributed by atoms with Gasteiger partial charge in [0.15, 0.2) is 0 Å². The maximum atomic E-state index is 12.8. The third-order valence-corrected chi connectivity index (χ3v) is 4.50. The molecule has 8 heteroatoms. The number of aryl methyl sites for hydroxylation is 1. The molecule has 3 aromatic rings. The minimum atomic E-state index is -0.0303. The van der Waals surface area contributed by atoms with E-state index < -0.39 is 0 Å². The number of imidazole rings is 1. The predicted molar refractivity (Wildman–Crippen MR) is 95.5 cm³/mol. The third kappa shape index (κ3) is 3.26. The number of carbonyl (C=O) groups is 1. The van der Waals surface area contributed by atoms with Crippen LogP contribution in [0.5, 0.6) is 0 Å². The first-order chi connectivity index (χ1) is 12.7. The van der Waals surface area contributed by atoms with E-state index in [-0.39, 0.29) is 17.9 Å². The Morgan fingerprint density at radius 2 is 2.00 bits per heavy atom. The van der Waals surface area contributed by atoms with Crippen molar-refractivity contribution in [2.45, 2.75) is 12.0 Å². The largest absolute Gasteiger partial charge is 0.349 e. The summed E-state index contributed by atoms with van der Waals surface area (Å²) in [4.78, 5) is 31.7. The van der Waals surface area contributed by atoms with E-state index in [2.05, 4.69) is 25.3 Å². The number of hydrogen-bond donors (Lipinski definition) is 1. The Bertz CT molecular complexity index is 881. The van der Waals surface area contributed by atoms with Gasteiger partial charge in [-0.2, -0.15) is 0 Å². The van der Waals surface area contributed by atoms with Gasteiger partial charge in [0.25, 0.3) is 5.91 Å². The number of hydrogen-bond acceptors (Lipinski definition) is 6. The van der Waals surface area contributed by atoms with Crippen molar-refractivity contribution < 1.29 is 4.79 Å². The van der Waals surface area contributed by atoms with Crippen molar-refractivity contribution in [2.24, 2.45) is 7.05 Å². The number of nitrogens with zero attached hydrogens (tertiary/aromatic N) is 6. The third-order valence-electron chi connectivity index (χ3n) is 4.50. The molecule has 0 saturated carbocycles. The number of likely N-dealkylation sites (tertiary alicyclic amines) is 1. The van der Waals surface area contributed by atoms with Crippen LogP contribution in [-0.2, 0) is 7.05 Å². The van der Waals surface area contributed by atoms with Crippen molar-refractivity contribution in [1.29, 1.82) is 0 Å². The highest BCUT2D eigenvalue weighted by atomic mass is 16.2. The highest BCUT2D eigenvalue weighted by Gasteiger charge is 2.38. The Kier molecular flexibility index (Phi) is 4.30. The van der Waals surface area contributed by atoms with Gasteiger partial charge in [-0.25, -0.2) is 15.0 Å². The minimum Gasteiger partial charge on any atom is -0.349 e. The Labute approximate surface area is 150 Å². The van der Waals surface area contributed by atoms with Crippen LogP contribution in [0.1, 0.15) is 22.0 Å². The smallest absolute Gasteiger partial charge is 0.255 e. The van der Waals surface area contributed by atoms with E-state index in [1.807, 2.05) is 22.7 Å². The lowest BCUT2D eigenvalue weighted by Crippen LogP contribution is -2.32. The Morgan fingerprint density at radius 3 is 2.69 bits per heavy atom. The average Bonchev–Trinajstić information content (AvgIpc) is 3.29. The van der Waals surface area contributed by atoms with Crippen molar-refractivity contribution in [1.82, 2.24) is 29.4 Å². The maximum absolute atomic E-state index is 12.8. The first-order valence-corrected chi connectivity index (χ1v) is 8.41. The summed E-state index contributed by atoms with van der Waals surface area (Å²) in [7, 11) is 1.94. The molecule has 0 unspecified atom stereocenters. The molecule has 3 aromatic heterocycles. The summed E-state index contributed by atoms with van der Waals surface area (Å²) in [6.45, 7) is 1.13. The van der Waals surface area contributed by atoms with E-state index in [9.17, 15) is 4.79 Å². The fourth-order valence-electron chi connectivity index (χ4n) is 3.25. The summed E-state index contributed by atoms with van der Waals surface area (Å²) in [5, 5.41) is 3.35. The molecule has 132 valence electrons. The minimum absolute atomic E-state index is 0.0204. The van der Waals surface area contributed by atoms with Gasteiger partial charge in [-0.15, -0.1) is 0 Å². The zero-order valence-electron chi connectivity index (χ0n) is 14.4. The fourth-order valence-corrected chi connectivity index (χ4v) is 3.25. The molecule has 2 atom stereocenters. The van der Waals surface area contributed by atoms with Crippen LogP contribution in [0.15, 0.2) is 55.5 Å². The van der Waals surface area contributed by atoms with Gasteiger partial charge in [0.05, 0.1) is 23.6 Å². The van der Waals surface area contributed by atoms with Gasteiger partial charge in [0.1, 0.15) is 0 Å². The molecule has 0 aromatic carbocycles. The lowest BCUT2D eigenvalue weighted by molar-refractivity contribution is 0.0789. The van der Waals surface area contributed by atoms with Crippen LogP contribution in [0.3, 0.4) is 0 Å². The van der Waals surface area contributed by atoms with Crippen molar-refractivity contribution in [3.63, 3.8) is 0 Å². The van der Waals surface area contributed by atoms with Gasteiger partial charge in [-0.3, -0.25) is 9.78 Å². The predicted octanol–water partition coefficient (Wildman–Crippen LogP) is 1.33. The Hall–Kier alpha value is -3.29. The van der Waals surface area contributed by atoms with Crippen LogP contribution in [0, 0.1) is 0 Å². The summed E-state index contributed by atoms with van der Waals surface area (Å²) in [6, 6.07) is 5.31. The molecule has 1 saturated heterocycles. The molecule has 1 amide bonds. The number of rotatable bonds is 4. The second-order valence-electron chi connectivity index (χ2n) is 6.35. The standard InChI is InChI=1S/C18H19N7O/c1-24-10-15(22-12-24)14-9-25(17(26)13-4-2-5-19-8-13)11-16(14)23-18-20-6-3-7-21-18/h2-8,10,12,14,16H,9,11H2,1H3,(H,20,21,23)/t14-,16+/m0/s1. The first kappa shape index (κ1) is 16.2. The Balaban J connectivity index is 1.59. The van der Waals surface area contributed by atoms with Gasteiger partial charge in [-0.1, -0.05) is 0 Å². The van der Waals surface area contributed by atoms with Crippen LogP contribution >= 0.6 is 0 Å². The van der Waals surface area contributed by atoms with Crippen molar-refractivity contribution in [2.75, 3.05) is 18.4 Å². The van der Waals surface area contributed by atoms with Crippen molar-refractivity contribution in [3.8, 4) is 0 Å². The summed E-state index contributed by atoms with van der Waals surface area (Å²) < 4.78 is 1.91. The molecule has 4 rings (SSSR count). The summed E-state index contributed by atoms with van der Waals surface area (Å²) in [5.41, 5.74) is 1.53. The Morgan fingerprint density at radius 1 is 1.15 bits per heavy atom. The number of amides is 1. The number of nitrogens with one attached hydrogen (secondary N) is 1. The number of pyridine rings is 1. The van der Waals surface area contributed by atoms with Gasteiger partial charge in [0, 0.05) is 57.0 Å². The zero-order chi connectivity index (χ0) is 17.9. The second kappa shape index (κ2) is 6.91. The highest BCUT2D eigenvalue weighted by molar-refractivity contribution is 5.94. The van der Waals surface area contributed by atoms with Crippen LogP contribution < -0.4 is 5.32 Å². The quantitative estimate of drug-likeness (QED) is 0.764. The lowest BCUT2D eigenvalue weighted by Gasteiger charge is -2.18. The van der Waals surface area contributed by atoms with Crippen molar-refractivity contribution in [3.05, 3.63) is 66.8 Å². The number of carbonyl (C=O) groups excluding carboxylic acids is 1. The molecule has 4 heterocycles. The van der Waals surface area contributed by atoms with Crippen LogP contribution in [0.4, 0.5) is 5.95 Å². The molecule has 8 nitrogen and oxygen atoms in total. The summed E-state index contributed by atoms with van der Waals surface area (Å²) in [6.07, 6.45) is 10.4. The monoisotopic (exact) mass is 349 g/mol. The molecule has 0 bridgehead atoms. The first-order valence-electron chi connectivity index (χ1n) is 8.41. The van der Waals surface area contributed by atoms with E-state index in [1.54, 1.807) is 49.3 Å². The van der Waals surface area contributed by atoms with E-state index in [0.29, 0.717) is 24.6 Å². The molecular weight excluding hydrogens is 330 g/mol. The van der Waals surface area contributed by atoms with Crippen molar-refractivity contribution >= 4 is 11.9 Å². The van der Waals surface area contributed by atoms with E-state index >= 15 is 0 Å². The molecule has 0 aliphatic carbocycles. The molecule has 1 fully saturated rings.